The average molecular weight is 610 g/mol. The second-order valence-corrected chi connectivity index (χ2v) is 13.5. The van der Waals surface area contributed by atoms with Crippen molar-refractivity contribution in [2.45, 2.75) is 0 Å². The van der Waals surface area contributed by atoms with Gasteiger partial charge in [0, 0.05) is 51.7 Å². The highest BCUT2D eigenvalue weighted by Gasteiger charge is 2.21. The van der Waals surface area contributed by atoms with Crippen LogP contribution in [0.3, 0.4) is 0 Å². The third kappa shape index (κ3) is 4.43. The molecule has 0 unspecified atom stereocenters. The highest BCUT2D eigenvalue weighted by atomic mass is 32.1. The fourth-order valence-corrected chi connectivity index (χ4v) is 9.00. The van der Waals surface area contributed by atoms with E-state index in [0.29, 0.717) is 0 Å². The van der Waals surface area contributed by atoms with Gasteiger partial charge in [0.25, 0.3) is 0 Å². The van der Waals surface area contributed by atoms with Crippen LogP contribution >= 0.6 is 22.7 Å². The van der Waals surface area contributed by atoms with Crippen molar-refractivity contribution in [1.82, 2.24) is 0 Å². The number of benzene rings is 7. The van der Waals surface area contributed by atoms with Crippen LogP contribution < -0.4 is 4.90 Å². The molecule has 0 atom stereocenters. The third-order valence-corrected chi connectivity index (χ3v) is 11.0. The van der Waals surface area contributed by atoms with Crippen LogP contribution in [0, 0.1) is 0 Å². The molecule has 0 aliphatic rings. The Labute approximate surface area is 269 Å². The minimum absolute atomic E-state index is 1.14. The van der Waals surface area contributed by atoms with Crippen molar-refractivity contribution in [2.75, 3.05) is 4.90 Å². The highest BCUT2D eigenvalue weighted by molar-refractivity contribution is 7.29. The van der Waals surface area contributed by atoms with Gasteiger partial charge in [-0.1, -0.05) is 115 Å². The van der Waals surface area contributed by atoms with E-state index >= 15 is 0 Å². The molecule has 212 valence electrons. The van der Waals surface area contributed by atoms with Gasteiger partial charge in [-0.3, -0.25) is 0 Å². The van der Waals surface area contributed by atoms with Crippen molar-refractivity contribution >= 4 is 80.1 Å². The molecular weight excluding hydrogens is 583 g/mol. The first-order valence-corrected chi connectivity index (χ1v) is 16.8. The summed E-state index contributed by atoms with van der Waals surface area (Å²) < 4.78 is 5.34. The molecule has 2 heterocycles. The van der Waals surface area contributed by atoms with Gasteiger partial charge in [-0.2, -0.15) is 0 Å². The first-order chi connectivity index (χ1) is 22.3. The van der Waals surface area contributed by atoms with E-state index < -0.39 is 0 Å². The maximum Gasteiger partial charge on any atom is 0.0555 e. The minimum atomic E-state index is 1.14. The van der Waals surface area contributed by atoms with Crippen LogP contribution in [0.2, 0.25) is 0 Å². The quantitative estimate of drug-likeness (QED) is 0.188. The van der Waals surface area contributed by atoms with E-state index in [9.17, 15) is 0 Å². The number of nitrogens with zero attached hydrogens (tertiary/aromatic N) is 1. The van der Waals surface area contributed by atoms with Crippen LogP contribution in [0.1, 0.15) is 0 Å². The zero-order chi connectivity index (χ0) is 29.7. The van der Waals surface area contributed by atoms with Gasteiger partial charge in [0.1, 0.15) is 0 Å². The van der Waals surface area contributed by atoms with Gasteiger partial charge < -0.3 is 4.90 Å². The van der Waals surface area contributed by atoms with Crippen molar-refractivity contribution in [3.63, 3.8) is 0 Å². The zero-order valence-electron chi connectivity index (χ0n) is 24.4. The van der Waals surface area contributed by atoms with E-state index in [-0.39, 0.29) is 0 Å². The Morgan fingerprint density at radius 1 is 0.333 bits per heavy atom. The Hall–Kier alpha value is -5.22. The summed E-state index contributed by atoms with van der Waals surface area (Å²) in [7, 11) is 0. The van der Waals surface area contributed by atoms with Crippen LogP contribution in [0.15, 0.2) is 164 Å². The molecule has 0 bridgehead atoms. The van der Waals surface area contributed by atoms with Crippen LogP contribution in [0.25, 0.3) is 62.6 Å². The molecular formula is C42H27NS2. The number of thiophene rings is 2. The first kappa shape index (κ1) is 26.2. The summed E-state index contributed by atoms with van der Waals surface area (Å²) in [6.45, 7) is 0. The lowest BCUT2D eigenvalue weighted by Crippen LogP contribution is -2.10. The van der Waals surface area contributed by atoms with Gasteiger partial charge in [0.15, 0.2) is 0 Å². The monoisotopic (exact) mass is 609 g/mol. The molecule has 0 saturated heterocycles. The zero-order valence-corrected chi connectivity index (χ0v) is 26.0. The summed E-state index contributed by atoms with van der Waals surface area (Å²) in [4.78, 5) is 2.43. The molecule has 0 aliphatic carbocycles. The smallest absolute Gasteiger partial charge is 0.0555 e. The summed E-state index contributed by atoms with van der Waals surface area (Å²) in [6.07, 6.45) is 0. The van der Waals surface area contributed by atoms with Gasteiger partial charge in [0.2, 0.25) is 0 Å². The topological polar surface area (TPSA) is 3.24 Å². The van der Waals surface area contributed by atoms with Crippen molar-refractivity contribution in [3.8, 4) is 22.3 Å². The number of hydrogen-bond acceptors (Lipinski definition) is 3. The van der Waals surface area contributed by atoms with E-state index in [4.69, 9.17) is 0 Å². The maximum absolute atomic E-state index is 2.43. The van der Waals surface area contributed by atoms with Crippen molar-refractivity contribution in [3.05, 3.63) is 164 Å². The molecule has 9 rings (SSSR count). The Morgan fingerprint density at radius 2 is 0.867 bits per heavy atom. The van der Waals surface area contributed by atoms with Crippen LogP contribution in [-0.4, -0.2) is 0 Å². The Kier molecular flexibility index (Phi) is 6.26. The maximum atomic E-state index is 2.43. The molecule has 0 spiro atoms. The predicted octanol–water partition coefficient (Wildman–Crippen LogP) is 13.2. The van der Waals surface area contributed by atoms with E-state index in [1.54, 1.807) is 0 Å². The Bertz CT molecular complexity index is 2370. The Balaban J connectivity index is 1.28. The van der Waals surface area contributed by atoms with Gasteiger partial charge in [-0.05, 0) is 70.8 Å². The summed E-state index contributed by atoms with van der Waals surface area (Å²) in [5, 5.41) is 5.34. The Morgan fingerprint density at radius 3 is 1.51 bits per heavy atom. The second-order valence-electron chi connectivity index (χ2n) is 11.3. The van der Waals surface area contributed by atoms with Crippen LogP contribution in [0.5, 0.6) is 0 Å². The molecule has 9 aromatic rings. The predicted molar refractivity (Wildman–Crippen MR) is 198 cm³/mol. The van der Waals surface area contributed by atoms with E-state index in [1.165, 1.54) is 68.3 Å². The van der Waals surface area contributed by atoms with E-state index in [0.717, 1.165) is 11.4 Å². The fraction of sp³-hybridized carbons (Fsp3) is 0. The second kappa shape index (κ2) is 10.7. The summed E-state index contributed by atoms with van der Waals surface area (Å²) >= 11 is 3.80. The molecule has 0 N–H and O–H groups in total. The molecule has 2 aromatic heterocycles. The van der Waals surface area contributed by atoms with Gasteiger partial charge >= 0.3 is 0 Å². The van der Waals surface area contributed by atoms with Crippen LogP contribution in [-0.2, 0) is 0 Å². The fourth-order valence-electron chi connectivity index (χ4n) is 6.55. The lowest BCUT2D eigenvalue weighted by molar-refractivity contribution is 1.30. The van der Waals surface area contributed by atoms with Crippen molar-refractivity contribution in [2.24, 2.45) is 0 Å². The molecule has 0 fully saturated rings. The largest absolute Gasteiger partial charge is 0.310 e. The molecule has 45 heavy (non-hydrogen) atoms. The number of fused-ring (bicyclic) bond motifs is 7. The summed E-state index contributed by atoms with van der Waals surface area (Å²) in [5.74, 6) is 0. The molecule has 1 nitrogen and oxygen atoms in total. The van der Waals surface area contributed by atoms with E-state index in [2.05, 4.69) is 169 Å². The third-order valence-electron chi connectivity index (χ3n) is 8.69. The van der Waals surface area contributed by atoms with Crippen LogP contribution in [0.4, 0.5) is 17.1 Å². The molecule has 7 aromatic carbocycles. The SMILES string of the molecule is c1ccc(-c2ccc(N(c3ccc(-c4ccccc4)cc3)c3cccc4sc5ccc6c7ccccc7sc6c5c34)cc2)cc1. The number of anilines is 3. The lowest BCUT2D eigenvalue weighted by atomic mass is 10.0. The first-order valence-electron chi connectivity index (χ1n) is 15.2. The van der Waals surface area contributed by atoms with Gasteiger partial charge in [-0.15, -0.1) is 22.7 Å². The molecule has 0 radical (unpaired) electrons. The number of hydrogen-bond donors (Lipinski definition) is 0. The summed E-state index contributed by atoms with van der Waals surface area (Å²) in [5.41, 5.74) is 8.34. The molecule has 0 amide bonds. The van der Waals surface area contributed by atoms with Gasteiger partial charge in [0.05, 0.1) is 5.69 Å². The average Bonchev–Trinajstić information content (AvgIpc) is 3.69. The molecule has 3 heteroatoms. The molecule has 0 saturated carbocycles. The highest BCUT2D eigenvalue weighted by Crippen LogP contribution is 2.49. The minimum Gasteiger partial charge on any atom is -0.310 e. The van der Waals surface area contributed by atoms with E-state index in [1.807, 2.05) is 22.7 Å². The van der Waals surface area contributed by atoms with Gasteiger partial charge in [-0.25, -0.2) is 0 Å². The number of rotatable bonds is 5. The molecule has 0 aliphatic heterocycles. The summed E-state index contributed by atoms with van der Waals surface area (Å²) in [6, 6.07) is 59.4. The normalized spacial score (nSPS) is 11.6. The van der Waals surface area contributed by atoms with Crippen molar-refractivity contribution in [1.29, 1.82) is 0 Å². The van der Waals surface area contributed by atoms with Crippen molar-refractivity contribution < 1.29 is 0 Å². The standard InChI is InChI=1S/C42H27NS2/c1-3-10-28(11-4-1)30-18-22-32(23-19-30)43(33-24-20-31(21-25-33)29-12-5-2-6-13-29)36-15-9-17-38-40(36)41-39(44-38)27-26-35-34-14-7-8-16-37(34)45-42(35)41/h1-27H. The lowest BCUT2D eigenvalue weighted by Gasteiger charge is -2.27.